The summed E-state index contributed by atoms with van der Waals surface area (Å²) in [7, 11) is 0. The summed E-state index contributed by atoms with van der Waals surface area (Å²) >= 11 is 0. The van der Waals surface area contributed by atoms with E-state index in [4.69, 9.17) is 5.73 Å². The molecule has 2 aliphatic rings. The molecule has 3 rings (SSSR count). The van der Waals surface area contributed by atoms with Crippen molar-refractivity contribution in [2.45, 2.75) is 25.3 Å². The number of para-hydroxylation sites is 1. The van der Waals surface area contributed by atoms with Crippen LogP contribution in [-0.2, 0) is 0 Å². The molecule has 112 valence electrons. The molecule has 1 saturated heterocycles. The molecule has 6 heteroatoms. The molecule has 1 saturated carbocycles. The highest BCUT2D eigenvalue weighted by molar-refractivity contribution is 5.98. The number of hydrogen-bond donors (Lipinski definition) is 1. The molecule has 1 heterocycles. The van der Waals surface area contributed by atoms with E-state index in [9.17, 15) is 14.9 Å². The number of nitro groups is 1. The topological polar surface area (TPSA) is 89.5 Å². The summed E-state index contributed by atoms with van der Waals surface area (Å²) in [4.78, 5) is 24.9. The van der Waals surface area contributed by atoms with Crippen molar-refractivity contribution < 1.29 is 9.72 Å². The minimum atomic E-state index is -0.494. The standard InChI is InChI=1S/C15H19N3O3/c16-12-6-5-10-8-17(9-11(10)7-12)15(19)13-3-1-2-4-14(13)18(20)21/h1-4,10-12H,5-9,16H2/t10-,11+,12?/m1/s1. The zero-order valence-corrected chi connectivity index (χ0v) is 11.8. The molecule has 0 radical (unpaired) electrons. The third kappa shape index (κ3) is 2.63. The van der Waals surface area contributed by atoms with E-state index in [0.717, 1.165) is 19.3 Å². The Balaban J connectivity index is 1.79. The summed E-state index contributed by atoms with van der Waals surface area (Å²) < 4.78 is 0. The summed E-state index contributed by atoms with van der Waals surface area (Å²) in [5.41, 5.74) is 6.06. The first-order valence-corrected chi connectivity index (χ1v) is 7.34. The fourth-order valence-electron chi connectivity index (χ4n) is 3.62. The van der Waals surface area contributed by atoms with Gasteiger partial charge in [0.1, 0.15) is 5.56 Å². The number of nitro benzene ring substituents is 1. The lowest BCUT2D eigenvalue weighted by Crippen LogP contribution is -2.32. The normalized spacial score (nSPS) is 28.2. The highest BCUT2D eigenvalue weighted by Gasteiger charge is 2.39. The summed E-state index contributed by atoms with van der Waals surface area (Å²) in [6, 6.07) is 6.39. The van der Waals surface area contributed by atoms with E-state index in [1.54, 1.807) is 17.0 Å². The number of benzene rings is 1. The van der Waals surface area contributed by atoms with Crippen molar-refractivity contribution in [1.82, 2.24) is 4.90 Å². The fourth-order valence-corrected chi connectivity index (χ4v) is 3.62. The maximum atomic E-state index is 12.6. The molecule has 1 aromatic rings. The summed E-state index contributed by atoms with van der Waals surface area (Å²) in [6.07, 6.45) is 3.01. The minimum Gasteiger partial charge on any atom is -0.338 e. The zero-order chi connectivity index (χ0) is 15.0. The molecule has 0 aromatic heterocycles. The molecule has 2 fully saturated rings. The smallest absolute Gasteiger partial charge is 0.282 e. The highest BCUT2D eigenvalue weighted by Crippen LogP contribution is 2.36. The lowest BCUT2D eigenvalue weighted by atomic mass is 9.79. The van der Waals surface area contributed by atoms with E-state index < -0.39 is 4.92 Å². The van der Waals surface area contributed by atoms with Crippen LogP contribution >= 0.6 is 0 Å². The van der Waals surface area contributed by atoms with Crippen LogP contribution in [0, 0.1) is 22.0 Å². The molecule has 1 unspecified atom stereocenters. The fraction of sp³-hybridized carbons (Fsp3) is 0.533. The predicted octanol–water partition coefficient (Wildman–Crippen LogP) is 1.79. The first-order chi connectivity index (χ1) is 10.1. The van der Waals surface area contributed by atoms with Crippen LogP contribution in [0.4, 0.5) is 5.69 Å². The van der Waals surface area contributed by atoms with Gasteiger partial charge in [-0.05, 0) is 37.2 Å². The number of nitrogens with zero attached hydrogens (tertiary/aromatic N) is 2. The van der Waals surface area contributed by atoms with Crippen molar-refractivity contribution in [3.8, 4) is 0 Å². The molecule has 1 aliphatic heterocycles. The van der Waals surface area contributed by atoms with Gasteiger partial charge in [-0.3, -0.25) is 14.9 Å². The van der Waals surface area contributed by atoms with Gasteiger partial charge < -0.3 is 10.6 Å². The van der Waals surface area contributed by atoms with Crippen LogP contribution in [0.2, 0.25) is 0 Å². The van der Waals surface area contributed by atoms with Gasteiger partial charge in [-0.1, -0.05) is 12.1 Å². The van der Waals surface area contributed by atoms with E-state index in [0.29, 0.717) is 24.9 Å². The molecule has 2 N–H and O–H groups in total. The Hall–Kier alpha value is -1.95. The SMILES string of the molecule is NC1CC[C@@H]2CN(C(=O)c3ccccc3[N+](=O)[O-])C[C@@H]2C1. The van der Waals surface area contributed by atoms with Gasteiger partial charge in [-0.25, -0.2) is 0 Å². The van der Waals surface area contributed by atoms with Crippen LogP contribution in [0.15, 0.2) is 24.3 Å². The van der Waals surface area contributed by atoms with Crippen LogP contribution in [0.1, 0.15) is 29.6 Å². The molecular weight excluding hydrogens is 270 g/mol. The number of hydrogen-bond acceptors (Lipinski definition) is 4. The third-order valence-electron chi connectivity index (χ3n) is 4.71. The number of fused-ring (bicyclic) bond motifs is 1. The Morgan fingerprint density at radius 3 is 2.71 bits per heavy atom. The van der Waals surface area contributed by atoms with Gasteiger partial charge in [-0.2, -0.15) is 0 Å². The average Bonchev–Trinajstić information content (AvgIpc) is 2.89. The molecular formula is C15H19N3O3. The molecule has 1 aromatic carbocycles. The molecule has 3 atom stereocenters. The Bertz CT molecular complexity index is 575. The van der Waals surface area contributed by atoms with Gasteiger partial charge in [0, 0.05) is 25.2 Å². The number of rotatable bonds is 2. The highest BCUT2D eigenvalue weighted by atomic mass is 16.6. The Morgan fingerprint density at radius 1 is 1.24 bits per heavy atom. The van der Waals surface area contributed by atoms with E-state index in [1.165, 1.54) is 12.1 Å². The van der Waals surface area contributed by atoms with Crippen molar-refractivity contribution in [3.63, 3.8) is 0 Å². The van der Waals surface area contributed by atoms with Crippen molar-refractivity contribution in [1.29, 1.82) is 0 Å². The van der Waals surface area contributed by atoms with Crippen LogP contribution < -0.4 is 5.73 Å². The first-order valence-electron chi connectivity index (χ1n) is 7.34. The lowest BCUT2D eigenvalue weighted by Gasteiger charge is -2.27. The van der Waals surface area contributed by atoms with Crippen LogP contribution in [0.5, 0.6) is 0 Å². The molecule has 0 spiro atoms. The predicted molar refractivity (Wildman–Crippen MR) is 77.8 cm³/mol. The number of amides is 1. The van der Waals surface area contributed by atoms with E-state index in [-0.39, 0.29) is 23.2 Å². The van der Waals surface area contributed by atoms with Gasteiger partial charge >= 0.3 is 0 Å². The second-order valence-electron chi connectivity index (χ2n) is 6.08. The first kappa shape index (κ1) is 14.0. The summed E-state index contributed by atoms with van der Waals surface area (Å²) in [5, 5.41) is 11.1. The quantitative estimate of drug-likeness (QED) is 0.664. The van der Waals surface area contributed by atoms with Crippen LogP contribution in [0.3, 0.4) is 0 Å². The number of carbonyl (C=O) groups excluding carboxylic acids is 1. The third-order valence-corrected chi connectivity index (χ3v) is 4.71. The van der Waals surface area contributed by atoms with Crippen molar-refractivity contribution in [3.05, 3.63) is 39.9 Å². The van der Waals surface area contributed by atoms with E-state index >= 15 is 0 Å². The number of nitrogens with two attached hydrogens (primary N) is 1. The van der Waals surface area contributed by atoms with Crippen LogP contribution in [-0.4, -0.2) is 34.9 Å². The molecule has 1 amide bonds. The largest absolute Gasteiger partial charge is 0.338 e. The zero-order valence-electron chi connectivity index (χ0n) is 11.8. The van der Waals surface area contributed by atoms with Gasteiger partial charge in [0.2, 0.25) is 0 Å². The second-order valence-corrected chi connectivity index (χ2v) is 6.08. The van der Waals surface area contributed by atoms with Crippen molar-refractivity contribution in [2.75, 3.05) is 13.1 Å². The maximum Gasteiger partial charge on any atom is 0.282 e. The van der Waals surface area contributed by atoms with Gasteiger partial charge in [0.05, 0.1) is 4.92 Å². The molecule has 0 bridgehead atoms. The van der Waals surface area contributed by atoms with Crippen molar-refractivity contribution in [2.24, 2.45) is 17.6 Å². The van der Waals surface area contributed by atoms with Gasteiger partial charge in [0.15, 0.2) is 0 Å². The Morgan fingerprint density at radius 2 is 1.95 bits per heavy atom. The summed E-state index contributed by atoms with van der Waals surface area (Å²) in [6.45, 7) is 1.37. The van der Waals surface area contributed by atoms with Crippen LogP contribution in [0.25, 0.3) is 0 Å². The maximum absolute atomic E-state index is 12.6. The number of carbonyl (C=O) groups is 1. The van der Waals surface area contributed by atoms with Gasteiger partial charge in [-0.15, -0.1) is 0 Å². The number of likely N-dealkylation sites (tertiary alicyclic amines) is 1. The van der Waals surface area contributed by atoms with Gasteiger partial charge in [0.25, 0.3) is 11.6 Å². The Labute approximate surface area is 123 Å². The van der Waals surface area contributed by atoms with Crippen molar-refractivity contribution >= 4 is 11.6 Å². The average molecular weight is 289 g/mol. The minimum absolute atomic E-state index is 0.117. The lowest BCUT2D eigenvalue weighted by molar-refractivity contribution is -0.385. The summed E-state index contributed by atoms with van der Waals surface area (Å²) in [5.74, 6) is 0.710. The monoisotopic (exact) mass is 289 g/mol. The molecule has 6 nitrogen and oxygen atoms in total. The van der Waals surface area contributed by atoms with E-state index in [2.05, 4.69) is 0 Å². The molecule has 1 aliphatic carbocycles. The second kappa shape index (κ2) is 5.44. The Kier molecular flexibility index (Phi) is 3.63. The molecule has 21 heavy (non-hydrogen) atoms. The van der Waals surface area contributed by atoms with E-state index in [1.807, 2.05) is 0 Å².